The Hall–Kier alpha value is -3.60. The Morgan fingerprint density at radius 1 is 1.10 bits per heavy atom. The van der Waals surface area contributed by atoms with Crippen LogP contribution in [-0.4, -0.2) is 33.7 Å². The normalized spacial score (nSPS) is 12.4. The van der Waals surface area contributed by atoms with E-state index < -0.39 is 27.4 Å². The summed E-state index contributed by atoms with van der Waals surface area (Å²) in [6.07, 6.45) is 0. The number of azo groups is 1. The molecule has 1 amide bonds. The lowest BCUT2D eigenvalue weighted by atomic mass is 10.3. The minimum Gasteiger partial charge on any atom is -0.510 e. The number of aliphatic hydroxyl groups is 1. The minimum atomic E-state index is -4.00. The number of para-hydroxylation sites is 2. The van der Waals surface area contributed by atoms with Crippen LogP contribution in [0.4, 0.5) is 11.4 Å². The van der Waals surface area contributed by atoms with Gasteiger partial charge in [-0.2, -0.15) is 0 Å². The van der Waals surface area contributed by atoms with E-state index in [9.17, 15) is 18.3 Å². The van der Waals surface area contributed by atoms with E-state index in [1.54, 1.807) is 24.3 Å². The molecule has 2 rings (SSSR count). The third-order valence-electron chi connectivity index (χ3n) is 3.65. The Morgan fingerprint density at radius 2 is 1.76 bits per heavy atom. The zero-order valence-corrected chi connectivity index (χ0v) is 16.7. The molecule has 0 bridgehead atoms. The Bertz CT molecular complexity index is 1080. The van der Waals surface area contributed by atoms with E-state index in [-0.39, 0.29) is 22.0 Å². The summed E-state index contributed by atoms with van der Waals surface area (Å²) in [5.74, 6) is -0.875. The number of ether oxygens (including phenoxy) is 2. The maximum Gasteiger partial charge on any atom is 0.272 e. The number of methoxy groups -OCH3 is 2. The molecule has 0 atom stereocenters. The van der Waals surface area contributed by atoms with Crippen molar-refractivity contribution < 1.29 is 27.8 Å². The quantitative estimate of drug-likeness (QED) is 0.339. The summed E-state index contributed by atoms with van der Waals surface area (Å²) in [6.45, 7) is 1.22. The van der Waals surface area contributed by atoms with Crippen LogP contribution in [0.2, 0.25) is 0 Å². The fraction of sp³-hybridized carbons (Fsp3) is 0.167. The van der Waals surface area contributed by atoms with Gasteiger partial charge < -0.3 is 20.3 Å². The van der Waals surface area contributed by atoms with Gasteiger partial charge in [-0.3, -0.25) is 9.52 Å². The number of hydrogen-bond donors (Lipinski definition) is 3. The van der Waals surface area contributed by atoms with Crippen molar-refractivity contribution in [3.8, 4) is 11.5 Å². The summed E-state index contributed by atoms with van der Waals surface area (Å²) >= 11 is 0. The molecule has 0 aliphatic heterocycles. The Morgan fingerprint density at radius 3 is 2.34 bits per heavy atom. The molecule has 0 aliphatic rings. The fourth-order valence-electron chi connectivity index (χ4n) is 2.25. The molecule has 0 unspecified atom stereocenters. The number of aliphatic hydroxyl groups excluding tert-OH is 1. The van der Waals surface area contributed by atoms with Crippen molar-refractivity contribution in [3.63, 3.8) is 0 Å². The van der Waals surface area contributed by atoms with Crippen molar-refractivity contribution in [2.75, 3.05) is 18.9 Å². The SMILES string of the molecule is COc1ccc(S(=O)(=O)Nc2ccccc2OC)cc1N=N/C(C(N)=O)=C(/C)O. The summed E-state index contributed by atoms with van der Waals surface area (Å²) in [5.41, 5.74) is 4.92. The lowest BCUT2D eigenvalue weighted by Gasteiger charge is -2.12. The van der Waals surface area contributed by atoms with Gasteiger partial charge >= 0.3 is 0 Å². The zero-order chi connectivity index (χ0) is 21.6. The number of hydrogen-bond acceptors (Lipinski definition) is 8. The van der Waals surface area contributed by atoms with Gasteiger partial charge in [0.05, 0.1) is 24.8 Å². The highest BCUT2D eigenvalue weighted by molar-refractivity contribution is 7.92. The van der Waals surface area contributed by atoms with Crippen LogP contribution in [0, 0.1) is 0 Å². The topological polar surface area (TPSA) is 153 Å². The van der Waals surface area contributed by atoms with Crippen molar-refractivity contribution in [2.45, 2.75) is 11.8 Å². The van der Waals surface area contributed by atoms with E-state index in [1.807, 2.05) is 0 Å². The first-order chi connectivity index (χ1) is 13.7. The lowest BCUT2D eigenvalue weighted by Crippen LogP contribution is -2.14. The predicted molar refractivity (Wildman–Crippen MR) is 106 cm³/mol. The minimum absolute atomic E-state index is 0.00963. The van der Waals surface area contributed by atoms with Crippen molar-refractivity contribution in [2.24, 2.45) is 16.0 Å². The Balaban J connectivity index is 2.46. The van der Waals surface area contributed by atoms with E-state index in [1.165, 1.54) is 39.3 Å². The van der Waals surface area contributed by atoms with Crippen molar-refractivity contribution in [1.82, 2.24) is 0 Å². The molecule has 0 heterocycles. The van der Waals surface area contributed by atoms with E-state index in [2.05, 4.69) is 15.0 Å². The number of sulfonamides is 1. The molecule has 0 spiro atoms. The molecular weight excluding hydrogens is 400 g/mol. The smallest absolute Gasteiger partial charge is 0.272 e. The number of rotatable bonds is 8. The third-order valence-corrected chi connectivity index (χ3v) is 5.01. The summed E-state index contributed by atoms with van der Waals surface area (Å²) in [4.78, 5) is 11.2. The molecule has 29 heavy (non-hydrogen) atoms. The molecular formula is C18H20N4O6S. The van der Waals surface area contributed by atoms with Crippen molar-refractivity contribution in [3.05, 3.63) is 53.9 Å². The number of carbonyl (C=O) groups excluding carboxylic acids is 1. The number of carbonyl (C=O) groups is 1. The van der Waals surface area contributed by atoms with Gasteiger partial charge in [0.1, 0.15) is 22.9 Å². The zero-order valence-electron chi connectivity index (χ0n) is 15.9. The van der Waals surface area contributed by atoms with Crippen molar-refractivity contribution in [1.29, 1.82) is 0 Å². The number of allylic oxidation sites excluding steroid dienone is 1. The largest absolute Gasteiger partial charge is 0.510 e. The molecule has 154 valence electrons. The van der Waals surface area contributed by atoms with Gasteiger partial charge in [-0.1, -0.05) is 12.1 Å². The monoisotopic (exact) mass is 420 g/mol. The van der Waals surface area contributed by atoms with E-state index in [0.717, 1.165) is 0 Å². The van der Waals surface area contributed by atoms with Crippen LogP contribution in [0.3, 0.4) is 0 Å². The maximum absolute atomic E-state index is 12.8. The Kier molecular flexibility index (Phi) is 6.78. The Labute approximate surface area is 167 Å². The number of anilines is 1. The average molecular weight is 420 g/mol. The molecule has 0 aromatic heterocycles. The predicted octanol–water partition coefficient (Wildman–Crippen LogP) is 2.86. The molecule has 2 aromatic rings. The molecule has 11 heteroatoms. The van der Waals surface area contributed by atoms with Crippen LogP contribution in [0.1, 0.15) is 6.92 Å². The summed E-state index contributed by atoms with van der Waals surface area (Å²) in [5, 5.41) is 16.9. The van der Waals surface area contributed by atoms with Gasteiger partial charge in [0.25, 0.3) is 15.9 Å². The maximum atomic E-state index is 12.8. The lowest BCUT2D eigenvalue weighted by molar-refractivity contribution is -0.114. The van der Waals surface area contributed by atoms with Gasteiger partial charge in [-0.05, 0) is 37.3 Å². The number of nitrogens with zero attached hydrogens (tertiary/aromatic N) is 2. The average Bonchev–Trinajstić information content (AvgIpc) is 2.67. The number of nitrogens with two attached hydrogens (primary N) is 1. The molecule has 2 aromatic carbocycles. The van der Waals surface area contributed by atoms with E-state index in [4.69, 9.17) is 15.2 Å². The second kappa shape index (κ2) is 9.06. The number of nitrogens with one attached hydrogen (secondary N) is 1. The van der Waals surface area contributed by atoms with Crippen LogP contribution < -0.4 is 19.9 Å². The number of amides is 1. The van der Waals surface area contributed by atoms with Crippen molar-refractivity contribution >= 4 is 27.3 Å². The van der Waals surface area contributed by atoms with E-state index in [0.29, 0.717) is 5.75 Å². The van der Waals surface area contributed by atoms with Crippen LogP contribution in [0.25, 0.3) is 0 Å². The first kappa shape index (κ1) is 21.7. The second-order valence-corrected chi connectivity index (χ2v) is 7.32. The van der Waals surface area contributed by atoms with Crippen LogP contribution in [0.15, 0.2) is 69.0 Å². The molecule has 0 aliphatic carbocycles. The number of primary amides is 1. The summed E-state index contributed by atoms with van der Waals surface area (Å²) in [6, 6.07) is 10.4. The van der Waals surface area contributed by atoms with Gasteiger partial charge in [0.15, 0.2) is 5.70 Å². The molecule has 0 saturated carbocycles. The first-order valence-electron chi connectivity index (χ1n) is 8.15. The van der Waals surface area contributed by atoms with Gasteiger partial charge in [0.2, 0.25) is 0 Å². The van der Waals surface area contributed by atoms with Crippen LogP contribution in [0.5, 0.6) is 11.5 Å². The van der Waals surface area contributed by atoms with Gasteiger partial charge in [-0.15, -0.1) is 10.2 Å². The molecule has 0 saturated heterocycles. The van der Waals surface area contributed by atoms with Crippen LogP contribution >= 0.6 is 0 Å². The second-order valence-electron chi connectivity index (χ2n) is 5.64. The summed E-state index contributed by atoms with van der Waals surface area (Å²) < 4.78 is 38.3. The summed E-state index contributed by atoms with van der Waals surface area (Å²) in [7, 11) is -1.22. The highest BCUT2D eigenvalue weighted by atomic mass is 32.2. The van der Waals surface area contributed by atoms with E-state index >= 15 is 0 Å². The third kappa shape index (κ3) is 5.23. The fourth-order valence-corrected chi connectivity index (χ4v) is 3.34. The highest BCUT2D eigenvalue weighted by Gasteiger charge is 2.19. The van der Waals surface area contributed by atoms with Gasteiger partial charge in [0, 0.05) is 0 Å². The molecule has 0 fully saturated rings. The molecule has 0 radical (unpaired) electrons. The standard InChI is InChI=1S/C18H20N4O6S/c1-11(23)17(18(19)24)21-20-14-10-12(8-9-16(14)28-3)29(25,26)22-13-6-4-5-7-15(13)27-2/h4-10,22-23H,1-3H3,(H2,19,24)/b17-11-,21-20?. The molecule has 4 N–H and O–H groups in total. The van der Waals surface area contributed by atoms with Gasteiger partial charge in [-0.25, -0.2) is 8.42 Å². The van der Waals surface area contributed by atoms with Crippen LogP contribution in [-0.2, 0) is 14.8 Å². The first-order valence-corrected chi connectivity index (χ1v) is 9.63. The number of benzene rings is 2. The highest BCUT2D eigenvalue weighted by Crippen LogP contribution is 2.33. The molecule has 10 nitrogen and oxygen atoms in total.